The van der Waals surface area contributed by atoms with Crippen LogP contribution in [-0.2, 0) is 16.6 Å². The first kappa shape index (κ1) is 25.5. The van der Waals surface area contributed by atoms with Crippen molar-refractivity contribution in [1.82, 2.24) is 0 Å². The van der Waals surface area contributed by atoms with Crippen LogP contribution >= 0.6 is 11.6 Å². The Hall–Kier alpha value is -3.61. The Morgan fingerprint density at radius 2 is 1.47 bits per heavy atom. The molecule has 0 spiro atoms. The molecule has 1 N–H and O–H groups in total. The molecule has 0 aromatic heterocycles. The van der Waals surface area contributed by atoms with E-state index in [2.05, 4.69) is 5.32 Å². The fourth-order valence-electron chi connectivity index (χ4n) is 3.77. The van der Waals surface area contributed by atoms with Gasteiger partial charge in [0.25, 0.3) is 15.9 Å². The third-order valence-electron chi connectivity index (χ3n) is 6.10. The number of amides is 1. The van der Waals surface area contributed by atoms with Gasteiger partial charge in [0.1, 0.15) is 0 Å². The molecule has 0 saturated heterocycles. The highest BCUT2D eigenvalue weighted by Gasteiger charge is 2.25. The molecule has 0 unspecified atom stereocenters. The lowest BCUT2D eigenvalue weighted by Crippen LogP contribution is -2.30. The van der Waals surface area contributed by atoms with Crippen molar-refractivity contribution < 1.29 is 13.2 Å². The van der Waals surface area contributed by atoms with E-state index in [1.807, 2.05) is 45.0 Å². The van der Waals surface area contributed by atoms with Crippen LogP contribution < -0.4 is 9.62 Å². The summed E-state index contributed by atoms with van der Waals surface area (Å²) in [6.45, 7) is 5.96. The van der Waals surface area contributed by atoms with Gasteiger partial charge in [0.05, 0.1) is 17.1 Å². The van der Waals surface area contributed by atoms with Gasteiger partial charge in [-0.15, -0.1) is 0 Å². The van der Waals surface area contributed by atoms with Gasteiger partial charge in [-0.3, -0.25) is 9.10 Å². The van der Waals surface area contributed by atoms with Gasteiger partial charge < -0.3 is 5.32 Å². The molecule has 0 aliphatic rings. The summed E-state index contributed by atoms with van der Waals surface area (Å²) in [4.78, 5) is 13.0. The molecule has 0 bridgehead atoms. The standard InChI is InChI=1S/C29H27ClN2O3S/c1-20-10-16-26(17-22(20)3)32(36(34,35)27-7-5-4-6-8-27)19-23-11-13-24(14-12-23)29(33)31-28-18-25(30)15-9-21(28)2/h4-18H,19H2,1-3H3,(H,31,33). The molecular weight excluding hydrogens is 492 g/mol. The molecular formula is C29H27ClN2O3S. The highest BCUT2D eigenvalue weighted by molar-refractivity contribution is 7.92. The first-order valence-corrected chi connectivity index (χ1v) is 13.3. The van der Waals surface area contributed by atoms with E-state index in [-0.39, 0.29) is 17.3 Å². The minimum Gasteiger partial charge on any atom is -0.322 e. The van der Waals surface area contributed by atoms with Crippen molar-refractivity contribution in [2.75, 3.05) is 9.62 Å². The minimum absolute atomic E-state index is 0.120. The van der Waals surface area contributed by atoms with Crippen molar-refractivity contribution >= 4 is 38.9 Å². The Morgan fingerprint density at radius 1 is 0.806 bits per heavy atom. The van der Waals surface area contributed by atoms with Crippen LogP contribution in [-0.4, -0.2) is 14.3 Å². The van der Waals surface area contributed by atoms with Crippen LogP contribution in [0.3, 0.4) is 0 Å². The molecule has 184 valence electrons. The van der Waals surface area contributed by atoms with Crippen molar-refractivity contribution in [2.24, 2.45) is 0 Å². The largest absolute Gasteiger partial charge is 0.322 e. The molecule has 4 rings (SSSR count). The molecule has 5 nitrogen and oxygen atoms in total. The number of nitrogens with zero attached hydrogens (tertiary/aromatic N) is 1. The van der Waals surface area contributed by atoms with E-state index in [1.165, 1.54) is 4.31 Å². The molecule has 4 aromatic rings. The number of hydrogen-bond donors (Lipinski definition) is 1. The molecule has 36 heavy (non-hydrogen) atoms. The lowest BCUT2D eigenvalue weighted by atomic mass is 10.1. The zero-order valence-corrected chi connectivity index (χ0v) is 21.9. The van der Waals surface area contributed by atoms with Gasteiger partial charge in [0.15, 0.2) is 0 Å². The van der Waals surface area contributed by atoms with Crippen LogP contribution in [0, 0.1) is 20.8 Å². The summed E-state index contributed by atoms with van der Waals surface area (Å²) in [5.41, 5.74) is 5.43. The maximum Gasteiger partial charge on any atom is 0.264 e. The van der Waals surface area contributed by atoms with Gasteiger partial charge >= 0.3 is 0 Å². The van der Waals surface area contributed by atoms with Crippen molar-refractivity contribution in [3.63, 3.8) is 0 Å². The maximum atomic E-state index is 13.6. The van der Waals surface area contributed by atoms with Gasteiger partial charge in [-0.25, -0.2) is 8.42 Å². The predicted octanol–water partition coefficient (Wildman–Crippen LogP) is 6.91. The SMILES string of the molecule is Cc1ccc(N(Cc2ccc(C(=O)Nc3cc(Cl)ccc3C)cc2)S(=O)(=O)c2ccccc2)cc1C. The van der Waals surface area contributed by atoms with Crippen molar-refractivity contribution in [3.05, 3.63) is 124 Å². The molecule has 0 aliphatic heterocycles. The van der Waals surface area contributed by atoms with Crippen molar-refractivity contribution in [3.8, 4) is 0 Å². The average molecular weight is 519 g/mol. The topological polar surface area (TPSA) is 66.5 Å². The number of carbonyl (C=O) groups excluding carboxylic acids is 1. The lowest BCUT2D eigenvalue weighted by molar-refractivity contribution is 0.102. The summed E-state index contributed by atoms with van der Waals surface area (Å²) in [5.74, 6) is -0.269. The van der Waals surface area contributed by atoms with Crippen LogP contribution in [0.15, 0.2) is 95.9 Å². The van der Waals surface area contributed by atoms with Crippen LogP contribution in [0.5, 0.6) is 0 Å². The van der Waals surface area contributed by atoms with Crippen LogP contribution in [0.25, 0.3) is 0 Å². The van der Waals surface area contributed by atoms with Gasteiger partial charge in [-0.2, -0.15) is 0 Å². The average Bonchev–Trinajstić information content (AvgIpc) is 2.87. The Morgan fingerprint density at radius 3 is 2.14 bits per heavy atom. The van der Waals surface area contributed by atoms with Gasteiger partial charge in [0.2, 0.25) is 0 Å². The Kier molecular flexibility index (Phi) is 7.48. The van der Waals surface area contributed by atoms with Crippen LogP contribution in [0.1, 0.15) is 32.6 Å². The van der Waals surface area contributed by atoms with Crippen molar-refractivity contribution in [1.29, 1.82) is 0 Å². The second kappa shape index (κ2) is 10.6. The van der Waals surface area contributed by atoms with Crippen molar-refractivity contribution in [2.45, 2.75) is 32.2 Å². The molecule has 1 amide bonds. The summed E-state index contributed by atoms with van der Waals surface area (Å²) in [6.07, 6.45) is 0. The second-order valence-electron chi connectivity index (χ2n) is 8.70. The number of aryl methyl sites for hydroxylation is 3. The molecule has 0 radical (unpaired) electrons. The first-order valence-electron chi connectivity index (χ1n) is 11.5. The predicted molar refractivity (Wildman–Crippen MR) is 146 cm³/mol. The van der Waals surface area contributed by atoms with E-state index in [0.29, 0.717) is 22.0 Å². The summed E-state index contributed by atoms with van der Waals surface area (Å²) < 4.78 is 28.6. The molecule has 0 atom stereocenters. The zero-order valence-electron chi connectivity index (χ0n) is 20.3. The number of halogens is 1. The number of nitrogens with one attached hydrogen (secondary N) is 1. The molecule has 4 aromatic carbocycles. The minimum atomic E-state index is -3.82. The van der Waals surface area contributed by atoms with Gasteiger partial charge in [0, 0.05) is 16.3 Å². The highest BCUT2D eigenvalue weighted by atomic mass is 35.5. The monoisotopic (exact) mass is 518 g/mol. The fraction of sp³-hybridized carbons (Fsp3) is 0.138. The van der Waals surface area contributed by atoms with E-state index in [4.69, 9.17) is 11.6 Å². The number of carbonyl (C=O) groups is 1. The number of sulfonamides is 1. The number of anilines is 2. The lowest BCUT2D eigenvalue weighted by Gasteiger charge is -2.25. The Bertz CT molecular complexity index is 1500. The zero-order chi connectivity index (χ0) is 25.9. The summed E-state index contributed by atoms with van der Waals surface area (Å²) >= 11 is 6.06. The van der Waals surface area contributed by atoms with Gasteiger partial charge in [-0.1, -0.05) is 54.1 Å². The van der Waals surface area contributed by atoms with Gasteiger partial charge in [-0.05, 0) is 91.6 Å². The molecule has 0 aliphatic carbocycles. The molecule has 7 heteroatoms. The van der Waals surface area contributed by atoms with E-state index < -0.39 is 10.0 Å². The molecule has 0 fully saturated rings. The second-order valence-corrected chi connectivity index (χ2v) is 11.0. The fourth-order valence-corrected chi connectivity index (χ4v) is 5.40. The molecule has 0 saturated carbocycles. The summed E-state index contributed by atoms with van der Waals surface area (Å²) in [7, 11) is -3.82. The smallest absolute Gasteiger partial charge is 0.264 e. The van der Waals surface area contributed by atoms with Crippen LogP contribution in [0.4, 0.5) is 11.4 Å². The third kappa shape index (κ3) is 5.61. The number of rotatable bonds is 7. The quantitative estimate of drug-likeness (QED) is 0.289. The summed E-state index contributed by atoms with van der Waals surface area (Å²) in [5, 5.41) is 3.42. The number of benzene rings is 4. The molecule has 0 heterocycles. The first-order chi connectivity index (χ1) is 17.1. The van der Waals surface area contributed by atoms with E-state index >= 15 is 0 Å². The summed E-state index contributed by atoms with van der Waals surface area (Å²) in [6, 6.07) is 26.3. The van der Waals surface area contributed by atoms with E-state index in [1.54, 1.807) is 66.7 Å². The highest BCUT2D eigenvalue weighted by Crippen LogP contribution is 2.28. The Balaban J connectivity index is 1.62. The maximum absolute atomic E-state index is 13.6. The third-order valence-corrected chi connectivity index (χ3v) is 8.12. The normalized spacial score (nSPS) is 11.2. The van der Waals surface area contributed by atoms with Crippen LogP contribution in [0.2, 0.25) is 5.02 Å². The van der Waals surface area contributed by atoms with E-state index in [0.717, 1.165) is 22.3 Å². The van der Waals surface area contributed by atoms with E-state index in [9.17, 15) is 13.2 Å². The Labute approximate surface area is 217 Å². The number of hydrogen-bond acceptors (Lipinski definition) is 3.